The average Bonchev–Trinajstić information content (AvgIpc) is 1.88. The lowest BCUT2D eigenvalue weighted by Crippen LogP contribution is -2.40. The maximum Gasteiger partial charge on any atom is 0.254 e. The molecule has 0 aromatic heterocycles. The van der Waals surface area contributed by atoms with Gasteiger partial charge in [0.15, 0.2) is 0 Å². The maximum absolute atomic E-state index is 12.2. The summed E-state index contributed by atoms with van der Waals surface area (Å²) in [6.45, 7) is 2.09. The van der Waals surface area contributed by atoms with E-state index in [2.05, 4.69) is 5.32 Å². The Labute approximate surface area is 65.9 Å². The highest BCUT2D eigenvalue weighted by atomic mass is 19.3. The molecule has 0 aromatic rings. The van der Waals surface area contributed by atoms with Crippen LogP contribution in [-0.4, -0.2) is 33.2 Å². The molecule has 0 radical (unpaired) electrons. The highest BCUT2D eigenvalue weighted by molar-refractivity contribution is 4.73. The first-order chi connectivity index (χ1) is 5.13. The van der Waals surface area contributed by atoms with E-state index in [9.17, 15) is 8.78 Å². The van der Waals surface area contributed by atoms with Crippen molar-refractivity contribution >= 4 is 0 Å². The van der Waals surface area contributed by atoms with Gasteiger partial charge < -0.3 is 10.1 Å². The van der Waals surface area contributed by atoms with E-state index in [4.69, 9.17) is 4.74 Å². The third kappa shape index (κ3) is 3.62. The van der Waals surface area contributed by atoms with Gasteiger partial charge in [-0.2, -0.15) is 0 Å². The number of alkyl halides is 2. The molecule has 0 saturated heterocycles. The number of rotatable bonds is 5. The molecule has 0 aliphatic heterocycles. The Morgan fingerprint density at radius 3 is 2.27 bits per heavy atom. The van der Waals surface area contributed by atoms with Crippen molar-refractivity contribution in [1.82, 2.24) is 5.32 Å². The first kappa shape index (κ1) is 10.8. The molecule has 1 N–H and O–H groups in total. The van der Waals surface area contributed by atoms with E-state index in [1.165, 1.54) is 14.2 Å². The van der Waals surface area contributed by atoms with Gasteiger partial charge in [-0.25, -0.2) is 8.78 Å². The van der Waals surface area contributed by atoms with Gasteiger partial charge in [0, 0.05) is 13.0 Å². The molecule has 0 aliphatic carbocycles. The summed E-state index contributed by atoms with van der Waals surface area (Å²) in [5.41, 5.74) is 0. The fraction of sp³-hybridized carbons (Fsp3) is 1.00. The van der Waals surface area contributed by atoms with Gasteiger partial charge >= 0.3 is 0 Å². The van der Waals surface area contributed by atoms with Crippen LogP contribution in [0, 0.1) is 5.92 Å². The smallest absolute Gasteiger partial charge is 0.254 e. The molecule has 2 atom stereocenters. The van der Waals surface area contributed by atoms with Crippen LogP contribution < -0.4 is 5.32 Å². The third-order valence-corrected chi connectivity index (χ3v) is 1.65. The molecule has 0 aliphatic rings. The third-order valence-electron chi connectivity index (χ3n) is 1.65. The molecule has 0 rings (SSSR count). The van der Waals surface area contributed by atoms with Crippen LogP contribution in [0.2, 0.25) is 0 Å². The Morgan fingerprint density at radius 2 is 2.00 bits per heavy atom. The van der Waals surface area contributed by atoms with Crippen molar-refractivity contribution in [1.29, 1.82) is 0 Å². The first-order valence-electron chi connectivity index (χ1n) is 3.57. The minimum Gasteiger partial charge on any atom is -0.384 e. The Hall–Kier alpha value is -0.220. The zero-order valence-electron chi connectivity index (χ0n) is 7.10. The average molecular weight is 167 g/mol. The van der Waals surface area contributed by atoms with Crippen molar-refractivity contribution in [2.45, 2.75) is 19.4 Å². The van der Waals surface area contributed by atoms with Crippen LogP contribution in [0.25, 0.3) is 0 Å². The second kappa shape index (κ2) is 5.43. The highest BCUT2D eigenvalue weighted by Gasteiger charge is 2.24. The summed E-state index contributed by atoms with van der Waals surface area (Å²) < 4.78 is 29.1. The number of ether oxygens (including phenoxy) is 1. The molecule has 0 aromatic carbocycles. The number of nitrogens with one attached hydrogen (secondary N) is 1. The lowest BCUT2D eigenvalue weighted by Gasteiger charge is -2.21. The van der Waals surface area contributed by atoms with Crippen LogP contribution in [0.1, 0.15) is 6.92 Å². The summed E-state index contributed by atoms with van der Waals surface area (Å²) in [4.78, 5) is 0. The van der Waals surface area contributed by atoms with E-state index in [1.807, 2.05) is 0 Å². The normalized spacial score (nSPS) is 16.9. The molecule has 0 fully saturated rings. The summed E-state index contributed by atoms with van der Waals surface area (Å²) in [7, 11) is 3.04. The van der Waals surface area contributed by atoms with E-state index in [1.54, 1.807) is 6.92 Å². The van der Waals surface area contributed by atoms with Gasteiger partial charge in [-0.05, 0) is 7.05 Å². The van der Waals surface area contributed by atoms with Crippen molar-refractivity contribution in [3.8, 4) is 0 Å². The van der Waals surface area contributed by atoms with Crippen LogP contribution >= 0.6 is 0 Å². The van der Waals surface area contributed by atoms with E-state index in [0.29, 0.717) is 6.61 Å². The second-order valence-corrected chi connectivity index (χ2v) is 2.58. The van der Waals surface area contributed by atoms with Crippen molar-refractivity contribution in [3.05, 3.63) is 0 Å². The molecule has 0 bridgehead atoms. The Morgan fingerprint density at radius 1 is 1.45 bits per heavy atom. The van der Waals surface area contributed by atoms with Gasteiger partial charge in [0.05, 0.1) is 12.6 Å². The molecule has 2 nitrogen and oxygen atoms in total. The van der Waals surface area contributed by atoms with E-state index >= 15 is 0 Å². The van der Waals surface area contributed by atoms with Gasteiger partial charge in [-0.1, -0.05) is 6.92 Å². The SMILES string of the molecule is CNC(C(F)F)C(C)COC. The van der Waals surface area contributed by atoms with Crippen molar-refractivity contribution in [2.75, 3.05) is 20.8 Å². The largest absolute Gasteiger partial charge is 0.384 e. The summed E-state index contributed by atoms with van der Waals surface area (Å²) in [6, 6.07) is -0.769. The van der Waals surface area contributed by atoms with Gasteiger partial charge in [-0.3, -0.25) is 0 Å². The fourth-order valence-corrected chi connectivity index (χ4v) is 1.03. The summed E-state index contributed by atoms with van der Waals surface area (Å²) >= 11 is 0. The monoisotopic (exact) mass is 167 g/mol. The second-order valence-electron chi connectivity index (χ2n) is 2.58. The van der Waals surface area contributed by atoms with Crippen molar-refractivity contribution < 1.29 is 13.5 Å². The molecule has 0 spiro atoms. The molecular formula is C7H15F2NO. The standard InChI is InChI=1S/C7H15F2NO/c1-5(4-11-3)6(10-2)7(8)9/h5-7,10H,4H2,1-3H3. The number of methoxy groups -OCH3 is 1. The molecule has 0 amide bonds. The van der Waals surface area contributed by atoms with E-state index in [-0.39, 0.29) is 5.92 Å². The van der Waals surface area contributed by atoms with Gasteiger partial charge in [0.25, 0.3) is 6.43 Å². The minimum atomic E-state index is -2.33. The molecule has 68 valence electrons. The number of halogens is 2. The van der Waals surface area contributed by atoms with Gasteiger partial charge in [-0.15, -0.1) is 0 Å². The van der Waals surface area contributed by atoms with Crippen LogP contribution in [0.4, 0.5) is 8.78 Å². The van der Waals surface area contributed by atoms with E-state index in [0.717, 1.165) is 0 Å². The summed E-state index contributed by atoms with van der Waals surface area (Å²) in [6.07, 6.45) is -2.33. The topological polar surface area (TPSA) is 21.3 Å². The molecule has 0 heterocycles. The van der Waals surface area contributed by atoms with Gasteiger partial charge in [0.2, 0.25) is 0 Å². The molecule has 0 saturated carbocycles. The maximum atomic E-state index is 12.2. The van der Waals surface area contributed by atoms with Crippen LogP contribution in [0.15, 0.2) is 0 Å². The Balaban J connectivity index is 3.81. The summed E-state index contributed by atoms with van der Waals surface area (Å²) in [5.74, 6) is -0.162. The van der Waals surface area contributed by atoms with Crippen LogP contribution in [0.3, 0.4) is 0 Å². The van der Waals surface area contributed by atoms with Crippen molar-refractivity contribution in [3.63, 3.8) is 0 Å². The van der Waals surface area contributed by atoms with Gasteiger partial charge in [0.1, 0.15) is 0 Å². The first-order valence-corrected chi connectivity index (χ1v) is 3.57. The number of hydrogen-bond donors (Lipinski definition) is 1. The Bertz CT molecular complexity index is 100. The van der Waals surface area contributed by atoms with Crippen molar-refractivity contribution in [2.24, 2.45) is 5.92 Å². The zero-order chi connectivity index (χ0) is 8.85. The molecule has 11 heavy (non-hydrogen) atoms. The predicted molar refractivity (Wildman–Crippen MR) is 39.9 cm³/mol. The van der Waals surface area contributed by atoms with Crippen LogP contribution in [-0.2, 0) is 4.74 Å². The molecule has 4 heteroatoms. The summed E-state index contributed by atoms with van der Waals surface area (Å²) in [5, 5.41) is 2.56. The van der Waals surface area contributed by atoms with Crippen LogP contribution in [0.5, 0.6) is 0 Å². The lowest BCUT2D eigenvalue weighted by molar-refractivity contribution is 0.0475. The highest BCUT2D eigenvalue weighted by Crippen LogP contribution is 2.11. The number of hydrogen-bond acceptors (Lipinski definition) is 2. The zero-order valence-corrected chi connectivity index (χ0v) is 7.10. The molecular weight excluding hydrogens is 152 g/mol. The minimum absolute atomic E-state index is 0.162. The predicted octanol–water partition coefficient (Wildman–Crippen LogP) is 1.12. The van der Waals surface area contributed by atoms with E-state index < -0.39 is 12.5 Å². The fourth-order valence-electron chi connectivity index (χ4n) is 1.03. The quantitative estimate of drug-likeness (QED) is 0.662. The molecule has 2 unspecified atom stereocenters. The lowest BCUT2D eigenvalue weighted by atomic mass is 10.0. The Kier molecular flexibility index (Phi) is 5.32.